The molecule has 1 atom stereocenters. The van der Waals surface area contributed by atoms with E-state index in [2.05, 4.69) is 18.3 Å². The third kappa shape index (κ3) is 3.03. The van der Waals surface area contributed by atoms with E-state index in [1.165, 1.54) is 0 Å². The number of nitrogens with one attached hydrogen (secondary N) is 1. The topological polar surface area (TPSA) is 21.3 Å². The first-order chi connectivity index (χ1) is 8.70. The summed E-state index contributed by atoms with van der Waals surface area (Å²) in [5.41, 5.74) is 1.12. The van der Waals surface area contributed by atoms with Crippen LogP contribution in [-0.4, -0.2) is 7.05 Å². The SMILES string of the molecule is CN[C@@H](C)c1ccccc1Oc1cccc(Cl)c1. The zero-order valence-electron chi connectivity index (χ0n) is 10.5. The Morgan fingerprint density at radius 2 is 1.89 bits per heavy atom. The van der Waals surface area contributed by atoms with Crippen LogP contribution in [0.5, 0.6) is 11.5 Å². The van der Waals surface area contributed by atoms with Crippen molar-refractivity contribution in [2.24, 2.45) is 0 Å². The summed E-state index contributed by atoms with van der Waals surface area (Å²) < 4.78 is 5.89. The maximum absolute atomic E-state index is 5.95. The number of hydrogen-bond acceptors (Lipinski definition) is 2. The standard InChI is InChI=1S/C15H16ClNO/c1-11(17-2)14-8-3-4-9-15(14)18-13-7-5-6-12(16)10-13/h3-11,17H,1-2H3/t11-/m0/s1. The van der Waals surface area contributed by atoms with Gasteiger partial charge in [-0.3, -0.25) is 0 Å². The molecule has 2 nitrogen and oxygen atoms in total. The highest BCUT2D eigenvalue weighted by atomic mass is 35.5. The van der Waals surface area contributed by atoms with Gasteiger partial charge in [-0.25, -0.2) is 0 Å². The Kier molecular flexibility index (Phi) is 4.24. The van der Waals surface area contributed by atoms with E-state index in [-0.39, 0.29) is 6.04 Å². The van der Waals surface area contributed by atoms with Crippen LogP contribution in [0, 0.1) is 0 Å². The van der Waals surface area contributed by atoms with Crippen LogP contribution in [0.15, 0.2) is 48.5 Å². The fourth-order valence-corrected chi connectivity index (χ4v) is 1.92. The van der Waals surface area contributed by atoms with Gasteiger partial charge in [0.15, 0.2) is 0 Å². The van der Waals surface area contributed by atoms with E-state index in [0.717, 1.165) is 17.1 Å². The lowest BCUT2D eigenvalue weighted by Crippen LogP contribution is -2.13. The molecule has 0 aliphatic carbocycles. The van der Waals surface area contributed by atoms with Crippen molar-refractivity contribution in [3.8, 4) is 11.5 Å². The number of halogens is 1. The minimum absolute atomic E-state index is 0.236. The van der Waals surface area contributed by atoms with Crippen molar-refractivity contribution < 1.29 is 4.74 Å². The molecule has 1 N–H and O–H groups in total. The highest BCUT2D eigenvalue weighted by Gasteiger charge is 2.09. The summed E-state index contributed by atoms with van der Waals surface area (Å²) in [6.07, 6.45) is 0. The van der Waals surface area contributed by atoms with Crippen molar-refractivity contribution >= 4 is 11.6 Å². The molecule has 0 radical (unpaired) electrons. The van der Waals surface area contributed by atoms with Gasteiger partial charge in [0.1, 0.15) is 11.5 Å². The predicted octanol–water partition coefficient (Wildman–Crippen LogP) is 4.41. The lowest BCUT2D eigenvalue weighted by Gasteiger charge is -2.16. The first-order valence-electron chi connectivity index (χ1n) is 5.90. The second kappa shape index (κ2) is 5.89. The molecular formula is C15H16ClNO. The molecule has 0 aliphatic rings. The fraction of sp³-hybridized carbons (Fsp3) is 0.200. The number of para-hydroxylation sites is 1. The molecule has 0 amide bonds. The molecule has 0 aromatic heterocycles. The van der Waals surface area contributed by atoms with Gasteiger partial charge in [-0.2, -0.15) is 0 Å². The van der Waals surface area contributed by atoms with Gasteiger partial charge in [-0.1, -0.05) is 35.9 Å². The van der Waals surface area contributed by atoms with Gasteiger partial charge in [0.05, 0.1) is 0 Å². The molecule has 0 heterocycles. The van der Waals surface area contributed by atoms with Crippen LogP contribution in [0.3, 0.4) is 0 Å². The van der Waals surface area contributed by atoms with Crippen molar-refractivity contribution in [3.05, 3.63) is 59.1 Å². The Bertz CT molecular complexity index is 527. The average Bonchev–Trinajstić information content (AvgIpc) is 2.38. The summed E-state index contributed by atoms with van der Waals surface area (Å²) in [5, 5.41) is 3.89. The lowest BCUT2D eigenvalue weighted by molar-refractivity contribution is 0.466. The summed E-state index contributed by atoms with van der Waals surface area (Å²) in [6.45, 7) is 2.10. The molecule has 3 heteroatoms. The van der Waals surface area contributed by atoms with Crippen LogP contribution in [0.25, 0.3) is 0 Å². The molecule has 18 heavy (non-hydrogen) atoms. The number of ether oxygens (including phenoxy) is 1. The first-order valence-corrected chi connectivity index (χ1v) is 6.28. The first kappa shape index (κ1) is 12.9. The minimum atomic E-state index is 0.236. The Labute approximate surface area is 113 Å². The van der Waals surface area contributed by atoms with Gasteiger partial charge < -0.3 is 10.1 Å². The van der Waals surface area contributed by atoms with Gasteiger partial charge in [0, 0.05) is 16.6 Å². The van der Waals surface area contributed by atoms with E-state index in [1.54, 1.807) is 0 Å². The van der Waals surface area contributed by atoms with E-state index < -0.39 is 0 Å². The van der Waals surface area contributed by atoms with Crippen molar-refractivity contribution in [2.45, 2.75) is 13.0 Å². The van der Waals surface area contributed by atoms with Crippen LogP contribution in [0.4, 0.5) is 0 Å². The van der Waals surface area contributed by atoms with E-state index >= 15 is 0 Å². The molecule has 2 aromatic rings. The van der Waals surface area contributed by atoms with Crippen molar-refractivity contribution in [3.63, 3.8) is 0 Å². The number of hydrogen-bond donors (Lipinski definition) is 1. The highest BCUT2D eigenvalue weighted by molar-refractivity contribution is 6.30. The second-order valence-corrected chi connectivity index (χ2v) is 4.54. The monoisotopic (exact) mass is 261 g/mol. The van der Waals surface area contributed by atoms with Crippen molar-refractivity contribution in [2.75, 3.05) is 7.05 Å². The molecule has 0 saturated heterocycles. The Morgan fingerprint density at radius 1 is 1.11 bits per heavy atom. The summed E-state index contributed by atoms with van der Waals surface area (Å²) in [7, 11) is 1.93. The van der Waals surface area contributed by atoms with Gasteiger partial charge in [-0.05, 0) is 38.2 Å². The van der Waals surface area contributed by atoms with E-state index in [0.29, 0.717) is 5.02 Å². The van der Waals surface area contributed by atoms with Gasteiger partial charge in [0.2, 0.25) is 0 Å². The van der Waals surface area contributed by atoms with Gasteiger partial charge in [0.25, 0.3) is 0 Å². The zero-order valence-corrected chi connectivity index (χ0v) is 11.2. The molecule has 94 valence electrons. The molecule has 2 rings (SSSR count). The molecular weight excluding hydrogens is 246 g/mol. The summed E-state index contributed by atoms with van der Waals surface area (Å²) in [4.78, 5) is 0. The summed E-state index contributed by atoms with van der Waals surface area (Å²) in [5.74, 6) is 1.60. The Hall–Kier alpha value is -1.51. The molecule has 0 aliphatic heterocycles. The van der Waals surface area contributed by atoms with E-state index in [9.17, 15) is 0 Å². The van der Waals surface area contributed by atoms with Crippen LogP contribution in [0.1, 0.15) is 18.5 Å². The van der Waals surface area contributed by atoms with Crippen LogP contribution in [0.2, 0.25) is 5.02 Å². The average molecular weight is 262 g/mol. The summed E-state index contributed by atoms with van der Waals surface area (Å²) in [6, 6.07) is 15.6. The van der Waals surface area contributed by atoms with Crippen molar-refractivity contribution in [1.29, 1.82) is 0 Å². The molecule has 0 spiro atoms. The molecule has 0 fully saturated rings. The lowest BCUT2D eigenvalue weighted by atomic mass is 10.1. The minimum Gasteiger partial charge on any atom is -0.457 e. The number of benzene rings is 2. The Balaban J connectivity index is 2.29. The summed E-state index contributed by atoms with van der Waals surface area (Å²) >= 11 is 5.95. The third-order valence-corrected chi connectivity index (χ3v) is 3.08. The Morgan fingerprint density at radius 3 is 2.61 bits per heavy atom. The molecule has 0 saturated carbocycles. The van der Waals surface area contributed by atoms with Crippen LogP contribution < -0.4 is 10.1 Å². The largest absolute Gasteiger partial charge is 0.457 e. The smallest absolute Gasteiger partial charge is 0.132 e. The quantitative estimate of drug-likeness (QED) is 0.880. The normalized spacial score (nSPS) is 12.2. The maximum atomic E-state index is 5.95. The van der Waals surface area contributed by atoms with Gasteiger partial charge in [-0.15, -0.1) is 0 Å². The second-order valence-electron chi connectivity index (χ2n) is 4.11. The van der Waals surface area contributed by atoms with Crippen molar-refractivity contribution in [1.82, 2.24) is 5.32 Å². The molecule has 0 bridgehead atoms. The molecule has 2 aromatic carbocycles. The van der Waals surface area contributed by atoms with Crippen LogP contribution in [-0.2, 0) is 0 Å². The van der Waals surface area contributed by atoms with Crippen LogP contribution >= 0.6 is 11.6 Å². The molecule has 0 unspecified atom stereocenters. The zero-order chi connectivity index (χ0) is 13.0. The third-order valence-electron chi connectivity index (χ3n) is 2.84. The van der Waals surface area contributed by atoms with Gasteiger partial charge >= 0.3 is 0 Å². The number of rotatable bonds is 4. The highest BCUT2D eigenvalue weighted by Crippen LogP contribution is 2.30. The predicted molar refractivity (Wildman–Crippen MR) is 75.4 cm³/mol. The van der Waals surface area contributed by atoms with E-state index in [4.69, 9.17) is 16.3 Å². The fourth-order valence-electron chi connectivity index (χ4n) is 1.74. The maximum Gasteiger partial charge on any atom is 0.132 e. The van der Waals surface area contributed by atoms with E-state index in [1.807, 2.05) is 49.5 Å².